The van der Waals surface area contributed by atoms with E-state index in [0.29, 0.717) is 0 Å². The second-order valence-electron chi connectivity index (χ2n) is 6.86. The minimum Gasteiger partial charge on any atom is -0.383 e. The molecule has 0 atom stereocenters. The summed E-state index contributed by atoms with van der Waals surface area (Å²) >= 11 is 1.71. The zero-order valence-electron chi connectivity index (χ0n) is 16.3. The number of para-hydroxylation sites is 1. The Hall–Kier alpha value is -3.15. The van der Waals surface area contributed by atoms with E-state index in [4.69, 9.17) is 5.73 Å². The van der Waals surface area contributed by atoms with Crippen molar-refractivity contribution in [2.45, 2.75) is 19.9 Å². The van der Waals surface area contributed by atoms with Crippen molar-refractivity contribution in [2.75, 3.05) is 5.73 Å². The molecule has 0 fully saturated rings. The highest BCUT2D eigenvalue weighted by Gasteiger charge is 2.28. The Kier molecular flexibility index (Phi) is 5.81. The number of fused-ring (bicyclic) bond motifs is 1. The molecule has 0 aliphatic heterocycles. The first-order valence-electron chi connectivity index (χ1n) is 9.26. The summed E-state index contributed by atoms with van der Waals surface area (Å²) in [5, 5.41) is 7.73. The number of carbonyl (C=O) groups is 1. The minimum atomic E-state index is -2.87. The molecule has 31 heavy (non-hydrogen) atoms. The standard InChI is InChI=1S/C21H17F2IN6O/c1-11-8-28-30(10-11)20-14(18(22)23)16(24)15(19(25)29-20)21(31)27-9-13-5-2-4-12-6-3-7-26-17(12)13/h2-8,10,18H,9H2,1H3,(H2,25,29)(H,27,31). The number of hydrogen-bond acceptors (Lipinski definition) is 5. The summed E-state index contributed by atoms with van der Waals surface area (Å²) in [6, 6.07) is 9.37. The summed E-state index contributed by atoms with van der Waals surface area (Å²) in [4.78, 5) is 21.3. The van der Waals surface area contributed by atoms with Gasteiger partial charge in [-0.2, -0.15) is 5.10 Å². The van der Waals surface area contributed by atoms with Gasteiger partial charge in [-0.25, -0.2) is 18.4 Å². The number of nitrogen functional groups attached to an aromatic ring is 1. The van der Waals surface area contributed by atoms with Crippen molar-refractivity contribution in [1.29, 1.82) is 0 Å². The van der Waals surface area contributed by atoms with Crippen LogP contribution in [0.2, 0.25) is 0 Å². The molecule has 0 unspecified atom stereocenters. The van der Waals surface area contributed by atoms with Gasteiger partial charge in [-0.1, -0.05) is 24.3 Å². The molecular weight excluding hydrogens is 517 g/mol. The quantitative estimate of drug-likeness (QED) is 0.375. The Labute approximate surface area is 189 Å². The van der Waals surface area contributed by atoms with Gasteiger partial charge in [-0.3, -0.25) is 9.78 Å². The van der Waals surface area contributed by atoms with Crippen LogP contribution in [0.25, 0.3) is 16.7 Å². The molecule has 0 bridgehead atoms. The third kappa shape index (κ3) is 4.07. The van der Waals surface area contributed by atoms with Gasteiger partial charge < -0.3 is 11.1 Å². The van der Waals surface area contributed by atoms with Gasteiger partial charge in [0.1, 0.15) is 5.82 Å². The fourth-order valence-electron chi connectivity index (χ4n) is 3.26. The van der Waals surface area contributed by atoms with Gasteiger partial charge in [0.2, 0.25) is 0 Å². The fraction of sp³-hybridized carbons (Fsp3) is 0.143. The van der Waals surface area contributed by atoms with Crippen molar-refractivity contribution in [3.63, 3.8) is 0 Å². The molecule has 158 valence electrons. The number of nitrogens with two attached hydrogens (primary N) is 1. The van der Waals surface area contributed by atoms with Crippen LogP contribution < -0.4 is 11.1 Å². The predicted octanol–water partition coefficient (Wildman–Crippen LogP) is 4.18. The van der Waals surface area contributed by atoms with Crippen molar-refractivity contribution in [3.8, 4) is 5.82 Å². The summed E-state index contributed by atoms with van der Waals surface area (Å²) < 4.78 is 29.1. The molecule has 0 saturated carbocycles. The number of hydrogen-bond donors (Lipinski definition) is 2. The summed E-state index contributed by atoms with van der Waals surface area (Å²) in [5.74, 6) is -0.835. The number of aromatic nitrogens is 4. The molecular formula is C21H17F2IN6O. The van der Waals surface area contributed by atoms with Gasteiger partial charge in [-0.05, 0) is 46.7 Å². The van der Waals surface area contributed by atoms with Crippen molar-refractivity contribution in [2.24, 2.45) is 0 Å². The van der Waals surface area contributed by atoms with Gasteiger partial charge in [0.25, 0.3) is 12.3 Å². The highest BCUT2D eigenvalue weighted by Crippen LogP contribution is 2.33. The number of carbonyl (C=O) groups excluding carboxylic acids is 1. The van der Waals surface area contributed by atoms with E-state index < -0.39 is 17.9 Å². The van der Waals surface area contributed by atoms with E-state index in [0.717, 1.165) is 22.0 Å². The zero-order chi connectivity index (χ0) is 22.1. The van der Waals surface area contributed by atoms with Crippen molar-refractivity contribution >= 4 is 45.2 Å². The maximum absolute atomic E-state index is 13.9. The van der Waals surface area contributed by atoms with Crippen LogP contribution in [-0.2, 0) is 6.54 Å². The Bertz CT molecular complexity index is 1290. The summed E-state index contributed by atoms with van der Waals surface area (Å²) in [6.45, 7) is 1.94. The molecule has 3 heterocycles. The molecule has 7 nitrogen and oxygen atoms in total. The maximum atomic E-state index is 13.9. The molecule has 0 radical (unpaired) electrons. The number of alkyl halides is 2. The summed E-state index contributed by atoms with van der Waals surface area (Å²) in [6.07, 6.45) is 1.90. The predicted molar refractivity (Wildman–Crippen MR) is 121 cm³/mol. The number of nitrogens with zero attached hydrogens (tertiary/aromatic N) is 4. The average molecular weight is 534 g/mol. The van der Waals surface area contributed by atoms with Gasteiger partial charge in [-0.15, -0.1) is 0 Å². The third-order valence-corrected chi connectivity index (χ3v) is 5.83. The number of aryl methyl sites for hydroxylation is 1. The molecule has 0 spiro atoms. The number of amides is 1. The molecule has 3 N–H and O–H groups in total. The van der Waals surface area contributed by atoms with Gasteiger partial charge in [0.15, 0.2) is 5.82 Å². The molecule has 1 amide bonds. The molecule has 10 heteroatoms. The lowest BCUT2D eigenvalue weighted by molar-refractivity contribution is 0.0950. The number of halogens is 3. The first-order valence-corrected chi connectivity index (χ1v) is 10.3. The monoisotopic (exact) mass is 534 g/mol. The number of benzene rings is 1. The maximum Gasteiger partial charge on any atom is 0.268 e. The first-order chi connectivity index (χ1) is 14.9. The minimum absolute atomic E-state index is 0.0387. The van der Waals surface area contributed by atoms with Crippen molar-refractivity contribution in [1.82, 2.24) is 25.1 Å². The highest BCUT2D eigenvalue weighted by atomic mass is 127. The van der Waals surface area contributed by atoms with E-state index in [-0.39, 0.29) is 27.3 Å². The van der Waals surface area contributed by atoms with E-state index in [1.165, 1.54) is 10.9 Å². The molecule has 4 aromatic rings. The van der Waals surface area contributed by atoms with Crippen LogP contribution in [0.15, 0.2) is 48.9 Å². The van der Waals surface area contributed by atoms with Crippen LogP contribution in [0, 0.1) is 10.5 Å². The average Bonchev–Trinajstić information content (AvgIpc) is 3.17. The Morgan fingerprint density at radius 1 is 1.29 bits per heavy atom. The highest BCUT2D eigenvalue weighted by molar-refractivity contribution is 14.1. The summed E-state index contributed by atoms with van der Waals surface area (Å²) in [5.41, 5.74) is 7.87. The van der Waals surface area contributed by atoms with Crippen LogP contribution in [0.3, 0.4) is 0 Å². The van der Waals surface area contributed by atoms with E-state index in [9.17, 15) is 13.6 Å². The molecule has 4 rings (SSSR count). The smallest absolute Gasteiger partial charge is 0.268 e. The fourth-order valence-corrected chi connectivity index (χ4v) is 4.26. The van der Waals surface area contributed by atoms with Crippen LogP contribution in [0.1, 0.15) is 33.5 Å². The Morgan fingerprint density at radius 2 is 2.06 bits per heavy atom. The molecule has 0 aliphatic rings. The second kappa shape index (κ2) is 8.53. The van der Waals surface area contributed by atoms with Crippen LogP contribution in [0.4, 0.5) is 14.6 Å². The lowest BCUT2D eigenvalue weighted by atomic mass is 10.1. The van der Waals surface area contributed by atoms with Gasteiger partial charge in [0.05, 0.1) is 22.8 Å². The number of pyridine rings is 2. The number of rotatable bonds is 5. The lowest BCUT2D eigenvalue weighted by Crippen LogP contribution is -2.26. The lowest BCUT2D eigenvalue weighted by Gasteiger charge is -2.16. The van der Waals surface area contributed by atoms with Gasteiger partial charge >= 0.3 is 0 Å². The largest absolute Gasteiger partial charge is 0.383 e. The Morgan fingerprint density at radius 3 is 2.77 bits per heavy atom. The zero-order valence-corrected chi connectivity index (χ0v) is 18.5. The summed E-state index contributed by atoms with van der Waals surface area (Å²) in [7, 11) is 0. The number of nitrogens with one attached hydrogen (secondary N) is 1. The molecule has 0 saturated heterocycles. The first kappa shape index (κ1) is 21.1. The molecule has 0 aliphatic carbocycles. The SMILES string of the molecule is Cc1cnn(-c2nc(N)c(C(=O)NCc3cccc4cccnc34)c(I)c2C(F)F)c1. The van der Waals surface area contributed by atoms with E-state index in [2.05, 4.69) is 20.4 Å². The third-order valence-electron chi connectivity index (χ3n) is 4.71. The van der Waals surface area contributed by atoms with Gasteiger partial charge in [0, 0.05) is 27.9 Å². The Balaban J connectivity index is 1.69. The topological polar surface area (TPSA) is 98.7 Å². The molecule has 3 aromatic heterocycles. The molecule has 1 aromatic carbocycles. The second-order valence-corrected chi connectivity index (χ2v) is 7.94. The van der Waals surface area contributed by atoms with E-state index in [1.54, 1.807) is 41.9 Å². The van der Waals surface area contributed by atoms with Crippen LogP contribution in [0.5, 0.6) is 0 Å². The van der Waals surface area contributed by atoms with Crippen molar-refractivity contribution in [3.05, 3.63) is 74.7 Å². The van der Waals surface area contributed by atoms with Crippen molar-refractivity contribution < 1.29 is 13.6 Å². The van der Waals surface area contributed by atoms with Crippen LogP contribution in [-0.4, -0.2) is 25.7 Å². The van der Waals surface area contributed by atoms with Crippen LogP contribution >= 0.6 is 22.6 Å². The number of anilines is 1. The van der Waals surface area contributed by atoms with E-state index >= 15 is 0 Å². The normalized spacial score (nSPS) is 11.3. The van der Waals surface area contributed by atoms with E-state index in [1.807, 2.05) is 30.3 Å².